The molecule has 19 heavy (non-hydrogen) atoms. The minimum atomic E-state index is 0.642. The van der Waals surface area contributed by atoms with Crippen LogP contribution in [0.1, 0.15) is 17.7 Å². The molecule has 1 aliphatic rings. The highest BCUT2D eigenvalue weighted by molar-refractivity contribution is 5.40. The first-order valence-corrected chi connectivity index (χ1v) is 6.82. The molecular formula is C16H18N2O. The van der Waals surface area contributed by atoms with Crippen molar-refractivity contribution >= 4 is 5.82 Å². The smallest absolute Gasteiger partial charge is 0.126 e. The Morgan fingerprint density at radius 2 is 1.95 bits per heavy atom. The highest BCUT2D eigenvalue weighted by atomic mass is 16.5. The van der Waals surface area contributed by atoms with Gasteiger partial charge in [-0.15, -0.1) is 0 Å². The van der Waals surface area contributed by atoms with Crippen molar-refractivity contribution in [3.05, 3.63) is 53.7 Å². The topological polar surface area (TPSA) is 34.1 Å². The molecule has 3 nitrogen and oxygen atoms in total. The molecular weight excluding hydrogens is 236 g/mol. The lowest BCUT2D eigenvalue weighted by molar-refractivity contribution is 0.333. The summed E-state index contributed by atoms with van der Waals surface area (Å²) in [6, 6.07) is 14.1. The van der Waals surface area contributed by atoms with Gasteiger partial charge in [-0.25, -0.2) is 4.98 Å². The van der Waals surface area contributed by atoms with Crippen LogP contribution in [0.25, 0.3) is 0 Å². The lowest BCUT2D eigenvalue weighted by Crippen LogP contribution is -2.12. The molecule has 0 spiro atoms. The van der Waals surface area contributed by atoms with Crippen molar-refractivity contribution in [3.8, 4) is 5.75 Å². The van der Waals surface area contributed by atoms with Crippen molar-refractivity contribution < 1.29 is 4.74 Å². The summed E-state index contributed by atoms with van der Waals surface area (Å²) in [5, 5.41) is 3.31. The van der Waals surface area contributed by atoms with Crippen LogP contribution in [-0.4, -0.2) is 18.1 Å². The SMILES string of the molecule is c1ccc(OCCNc2ccc3c(n2)CCC3)cc1. The molecule has 1 aliphatic carbocycles. The van der Waals surface area contributed by atoms with E-state index in [0.29, 0.717) is 6.61 Å². The predicted octanol–water partition coefficient (Wildman–Crippen LogP) is 3.06. The Labute approximate surface area is 113 Å². The zero-order chi connectivity index (χ0) is 12.9. The van der Waals surface area contributed by atoms with Gasteiger partial charge in [0.2, 0.25) is 0 Å². The molecule has 0 amide bonds. The first-order valence-electron chi connectivity index (χ1n) is 6.82. The van der Waals surface area contributed by atoms with Gasteiger partial charge in [0.15, 0.2) is 0 Å². The summed E-state index contributed by atoms with van der Waals surface area (Å²) in [7, 11) is 0. The second-order valence-corrected chi connectivity index (χ2v) is 4.74. The van der Waals surface area contributed by atoms with Gasteiger partial charge >= 0.3 is 0 Å². The van der Waals surface area contributed by atoms with E-state index in [9.17, 15) is 0 Å². The van der Waals surface area contributed by atoms with Crippen molar-refractivity contribution in [1.29, 1.82) is 0 Å². The molecule has 0 radical (unpaired) electrons. The number of hydrogen-bond acceptors (Lipinski definition) is 3. The third kappa shape index (κ3) is 3.05. The Morgan fingerprint density at radius 3 is 2.84 bits per heavy atom. The maximum absolute atomic E-state index is 5.63. The zero-order valence-electron chi connectivity index (χ0n) is 10.9. The molecule has 0 unspecified atom stereocenters. The molecule has 2 aromatic rings. The molecule has 3 heteroatoms. The molecule has 1 aromatic carbocycles. The maximum Gasteiger partial charge on any atom is 0.126 e. The summed E-state index contributed by atoms with van der Waals surface area (Å²) in [5.74, 6) is 1.86. The summed E-state index contributed by atoms with van der Waals surface area (Å²) < 4.78 is 5.63. The van der Waals surface area contributed by atoms with Crippen LogP contribution in [0.4, 0.5) is 5.82 Å². The lowest BCUT2D eigenvalue weighted by Gasteiger charge is -2.09. The number of nitrogens with one attached hydrogen (secondary N) is 1. The van der Waals surface area contributed by atoms with E-state index in [-0.39, 0.29) is 0 Å². The van der Waals surface area contributed by atoms with Crippen molar-refractivity contribution in [2.75, 3.05) is 18.5 Å². The van der Waals surface area contributed by atoms with Crippen LogP contribution in [0.3, 0.4) is 0 Å². The molecule has 0 atom stereocenters. The van der Waals surface area contributed by atoms with Crippen LogP contribution >= 0.6 is 0 Å². The van der Waals surface area contributed by atoms with Crippen LogP contribution in [-0.2, 0) is 12.8 Å². The third-order valence-corrected chi connectivity index (χ3v) is 3.35. The van der Waals surface area contributed by atoms with Crippen molar-refractivity contribution in [2.45, 2.75) is 19.3 Å². The summed E-state index contributed by atoms with van der Waals surface area (Å²) in [6.07, 6.45) is 3.54. The van der Waals surface area contributed by atoms with E-state index in [4.69, 9.17) is 4.74 Å². The molecule has 0 aliphatic heterocycles. The van der Waals surface area contributed by atoms with Gasteiger partial charge in [-0.3, -0.25) is 0 Å². The Hall–Kier alpha value is -2.03. The minimum Gasteiger partial charge on any atom is -0.492 e. The normalized spacial score (nSPS) is 13.1. The van der Waals surface area contributed by atoms with Gasteiger partial charge < -0.3 is 10.1 Å². The number of hydrogen-bond donors (Lipinski definition) is 1. The van der Waals surface area contributed by atoms with E-state index in [1.54, 1.807) is 0 Å². The minimum absolute atomic E-state index is 0.642. The van der Waals surface area contributed by atoms with E-state index in [1.165, 1.54) is 24.1 Å². The first kappa shape index (κ1) is 12.0. The van der Waals surface area contributed by atoms with Gasteiger partial charge in [-0.05, 0) is 43.0 Å². The van der Waals surface area contributed by atoms with Crippen molar-refractivity contribution in [1.82, 2.24) is 4.98 Å². The number of aromatic nitrogens is 1. The number of anilines is 1. The van der Waals surface area contributed by atoms with E-state index >= 15 is 0 Å². The largest absolute Gasteiger partial charge is 0.492 e. The second-order valence-electron chi connectivity index (χ2n) is 4.74. The molecule has 1 heterocycles. The lowest BCUT2D eigenvalue weighted by atomic mass is 10.2. The van der Waals surface area contributed by atoms with Crippen LogP contribution in [0.15, 0.2) is 42.5 Å². The number of para-hydroxylation sites is 1. The summed E-state index contributed by atoms with van der Waals surface area (Å²) in [6.45, 7) is 1.41. The standard InChI is InChI=1S/C16H18N2O/c1-2-6-14(7-3-1)19-12-11-17-16-10-9-13-5-4-8-15(13)18-16/h1-3,6-7,9-10H,4-5,8,11-12H2,(H,17,18). The first-order chi connectivity index (χ1) is 9.42. The van der Waals surface area contributed by atoms with Crippen LogP contribution in [0.5, 0.6) is 5.75 Å². The van der Waals surface area contributed by atoms with E-state index < -0.39 is 0 Å². The number of ether oxygens (including phenoxy) is 1. The van der Waals surface area contributed by atoms with Gasteiger partial charge in [0.25, 0.3) is 0 Å². The number of rotatable bonds is 5. The quantitative estimate of drug-likeness (QED) is 0.833. The van der Waals surface area contributed by atoms with Gasteiger partial charge in [0, 0.05) is 5.69 Å². The molecule has 98 valence electrons. The van der Waals surface area contributed by atoms with E-state index in [1.807, 2.05) is 30.3 Å². The Kier molecular flexibility index (Phi) is 3.63. The number of benzene rings is 1. The molecule has 0 fully saturated rings. The summed E-state index contributed by atoms with van der Waals surface area (Å²) >= 11 is 0. The van der Waals surface area contributed by atoms with Crippen LogP contribution in [0, 0.1) is 0 Å². The van der Waals surface area contributed by atoms with E-state index in [0.717, 1.165) is 24.5 Å². The molecule has 0 saturated carbocycles. The molecule has 3 rings (SSSR count). The fraction of sp³-hybridized carbons (Fsp3) is 0.312. The van der Waals surface area contributed by atoms with Crippen molar-refractivity contribution in [3.63, 3.8) is 0 Å². The third-order valence-electron chi connectivity index (χ3n) is 3.35. The number of nitrogens with zero attached hydrogens (tertiary/aromatic N) is 1. The number of pyridine rings is 1. The average Bonchev–Trinajstić information content (AvgIpc) is 2.92. The van der Waals surface area contributed by atoms with Gasteiger partial charge in [0.1, 0.15) is 18.2 Å². The van der Waals surface area contributed by atoms with Crippen molar-refractivity contribution in [2.24, 2.45) is 0 Å². The average molecular weight is 254 g/mol. The molecule has 1 aromatic heterocycles. The Morgan fingerprint density at radius 1 is 1.05 bits per heavy atom. The van der Waals surface area contributed by atoms with E-state index in [2.05, 4.69) is 22.4 Å². The van der Waals surface area contributed by atoms with Crippen LogP contribution < -0.4 is 10.1 Å². The summed E-state index contributed by atoms with van der Waals surface area (Å²) in [4.78, 5) is 4.63. The Bertz CT molecular complexity index is 540. The molecule has 1 N–H and O–H groups in total. The highest BCUT2D eigenvalue weighted by Crippen LogP contribution is 2.21. The number of aryl methyl sites for hydroxylation is 2. The summed E-state index contributed by atoms with van der Waals surface area (Å²) in [5.41, 5.74) is 2.67. The highest BCUT2D eigenvalue weighted by Gasteiger charge is 2.11. The predicted molar refractivity (Wildman–Crippen MR) is 76.7 cm³/mol. The number of fused-ring (bicyclic) bond motifs is 1. The van der Waals surface area contributed by atoms with Gasteiger partial charge in [-0.1, -0.05) is 24.3 Å². The maximum atomic E-state index is 5.63. The fourth-order valence-electron chi connectivity index (χ4n) is 2.38. The molecule has 0 saturated heterocycles. The van der Waals surface area contributed by atoms with Gasteiger partial charge in [-0.2, -0.15) is 0 Å². The Balaban J connectivity index is 1.48. The second kappa shape index (κ2) is 5.74. The molecule has 0 bridgehead atoms. The fourth-order valence-corrected chi connectivity index (χ4v) is 2.38. The zero-order valence-corrected chi connectivity index (χ0v) is 10.9. The van der Waals surface area contributed by atoms with Crippen LogP contribution in [0.2, 0.25) is 0 Å². The van der Waals surface area contributed by atoms with Gasteiger partial charge in [0.05, 0.1) is 6.54 Å². The monoisotopic (exact) mass is 254 g/mol.